The van der Waals surface area contributed by atoms with Gasteiger partial charge in [0.1, 0.15) is 5.82 Å². The van der Waals surface area contributed by atoms with E-state index in [0.29, 0.717) is 18.1 Å². The van der Waals surface area contributed by atoms with Crippen LogP contribution in [0.25, 0.3) is 11.4 Å². The van der Waals surface area contributed by atoms with Crippen LogP contribution in [0.4, 0.5) is 10.5 Å². The molecule has 2 amide bonds. The van der Waals surface area contributed by atoms with Gasteiger partial charge in [-0.3, -0.25) is 5.10 Å². The molecule has 0 spiro atoms. The number of H-pyrrole nitrogens is 1. The van der Waals surface area contributed by atoms with Gasteiger partial charge in [-0.1, -0.05) is 12.1 Å². The number of likely N-dealkylation sites (tertiary alicyclic amines) is 1. The molecule has 1 fully saturated rings. The van der Waals surface area contributed by atoms with E-state index in [4.69, 9.17) is 0 Å². The lowest BCUT2D eigenvalue weighted by Crippen LogP contribution is -2.49. The van der Waals surface area contributed by atoms with Crippen molar-refractivity contribution in [3.63, 3.8) is 0 Å². The molecule has 0 bridgehead atoms. The van der Waals surface area contributed by atoms with Gasteiger partial charge in [0.15, 0.2) is 5.82 Å². The average Bonchev–Trinajstić information content (AvgIpc) is 3.15. The number of carbonyl (C=O) groups excluding carboxylic acids is 1. The molecule has 2 aromatic rings. The molecule has 1 saturated heterocycles. The van der Waals surface area contributed by atoms with Crippen LogP contribution in [0.5, 0.6) is 0 Å². The molecule has 1 aromatic heterocycles. The minimum atomic E-state index is -0.911. The molecule has 1 unspecified atom stereocenters. The van der Waals surface area contributed by atoms with Crippen LogP contribution in [-0.4, -0.2) is 49.4 Å². The van der Waals surface area contributed by atoms with Crippen LogP contribution in [0.1, 0.15) is 32.5 Å². The molecule has 1 atom stereocenters. The summed E-state index contributed by atoms with van der Waals surface area (Å²) in [4.78, 5) is 18.6. The van der Waals surface area contributed by atoms with E-state index in [9.17, 15) is 9.90 Å². The number of nitrogens with one attached hydrogen (secondary N) is 2. The van der Waals surface area contributed by atoms with Crippen LogP contribution >= 0.6 is 0 Å². The van der Waals surface area contributed by atoms with Crippen LogP contribution in [0, 0.1) is 6.92 Å². The molecule has 0 saturated carbocycles. The van der Waals surface area contributed by atoms with Crippen molar-refractivity contribution in [3.05, 3.63) is 30.1 Å². The van der Waals surface area contributed by atoms with Crippen LogP contribution in [0.2, 0.25) is 0 Å². The lowest BCUT2D eigenvalue weighted by Gasteiger charge is -2.33. The van der Waals surface area contributed by atoms with E-state index in [1.807, 2.05) is 31.2 Å². The topological polar surface area (TPSA) is 94.1 Å². The maximum absolute atomic E-state index is 12.6. The maximum atomic E-state index is 12.6. The predicted octanol–water partition coefficient (Wildman–Crippen LogP) is 2.55. The Balaban J connectivity index is 1.75. The average molecular weight is 329 g/mol. The summed E-state index contributed by atoms with van der Waals surface area (Å²) in [6.07, 6.45) is 1.71. The standard InChI is InChI=1S/C17H23N5O2/c1-11-18-15(21-20-11)12-6-4-7-13(10-12)19-16(23)22-9-5-8-14(22)17(2,3)24/h4,6-7,10,14,24H,5,8-9H2,1-3H3,(H,19,23)(H,18,20,21). The number of aromatic nitrogens is 3. The Kier molecular flexibility index (Phi) is 4.28. The predicted molar refractivity (Wildman–Crippen MR) is 91.6 cm³/mol. The molecule has 7 heteroatoms. The van der Waals surface area contributed by atoms with Gasteiger partial charge in [-0.2, -0.15) is 5.10 Å². The number of hydrogen-bond donors (Lipinski definition) is 3. The SMILES string of the molecule is Cc1nc(-c2cccc(NC(=O)N3CCCC3C(C)(C)O)c2)n[nH]1. The van der Waals surface area contributed by atoms with E-state index in [-0.39, 0.29) is 12.1 Å². The van der Waals surface area contributed by atoms with Gasteiger partial charge in [0.2, 0.25) is 0 Å². The fourth-order valence-electron chi connectivity index (χ4n) is 3.15. The highest BCUT2D eigenvalue weighted by Crippen LogP contribution is 2.28. The Hall–Kier alpha value is -2.41. The van der Waals surface area contributed by atoms with E-state index in [0.717, 1.165) is 24.2 Å². The Labute approximate surface area is 141 Å². The van der Waals surface area contributed by atoms with E-state index in [2.05, 4.69) is 20.5 Å². The van der Waals surface area contributed by atoms with E-state index >= 15 is 0 Å². The molecular formula is C17H23N5O2. The summed E-state index contributed by atoms with van der Waals surface area (Å²) >= 11 is 0. The van der Waals surface area contributed by atoms with E-state index in [1.165, 1.54) is 0 Å². The number of aliphatic hydroxyl groups is 1. The number of amides is 2. The van der Waals surface area contributed by atoms with Crippen molar-refractivity contribution in [2.75, 3.05) is 11.9 Å². The third-order valence-electron chi connectivity index (χ3n) is 4.30. The molecule has 1 aliphatic heterocycles. The minimum Gasteiger partial charge on any atom is -0.388 e. The quantitative estimate of drug-likeness (QED) is 0.806. The number of carbonyl (C=O) groups is 1. The molecule has 24 heavy (non-hydrogen) atoms. The smallest absolute Gasteiger partial charge is 0.322 e. The highest BCUT2D eigenvalue weighted by Gasteiger charge is 2.38. The second kappa shape index (κ2) is 6.24. The Morgan fingerprint density at radius 2 is 2.25 bits per heavy atom. The monoisotopic (exact) mass is 329 g/mol. The number of benzene rings is 1. The lowest BCUT2D eigenvalue weighted by atomic mass is 9.97. The van der Waals surface area contributed by atoms with Crippen LogP contribution in [0.15, 0.2) is 24.3 Å². The number of hydrogen-bond acceptors (Lipinski definition) is 4. The van der Waals surface area contributed by atoms with Crippen molar-refractivity contribution in [3.8, 4) is 11.4 Å². The largest absolute Gasteiger partial charge is 0.388 e. The van der Waals surface area contributed by atoms with Crippen molar-refractivity contribution in [1.82, 2.24) is 20.1 Å². The van der Waals surface area contributed by atoms with Gasteiger partial charge in [0.05, 0.1) is 11.6 Å². The lowest BCUT2D eigenvalue weighted by molar-refractivity contribution is 0.0117. The summed E-state index contributed by atoms with van der Waals surface area (Å²) in [5, 5.41) is 20.1. The highest BCUT2D eigenvalue weighted by atomic mass is 16.3. The summed E-state index contributed by atoms with van der Waals surface area (Å²) in [5.74, 6) is 1.34. The summed E-state index contributed by atoms with van der Waals surface area (Å²) in [6, 6.07) is 7.06. The number of aryl methyl sites for hydroxylation is 1. The zero-order valence-electron chi connectivity index (χ0n) is 14.2. The van der Waals surface area contributed by atoms with Crippen molar-refractivity contribution < 1.29 is 9.90 Å². The fraction of sp³-hybridized carbons (Fsp3) is 0.471. The molecule has 3 N–H and O–H groups in total. The first-order valence-corrected chi connectivity index (χ1v) is 8.14. The van der Waals surface area contributed by atoms with Crippen molar-refractivity contribution in [2.45, 2.75) is 45.3 Å². The highest BCUT2D eigenvalue weighted by molar-refractivity contribution is 5.90. The molecule has 1 aromatic carbocycles. The molecule has 1 aliphatic rings. The van der Waals surface area contributed by atoms with Crippen molar-refractivity contribution in [1.29, 1.82) is 0 Å². The number of aromatic amines is 1. The first kappa shape index (κ1) is 16.4. The van der Waals surface area contributed by atoms with Crippen LogP contribution in [0.3, 0.4) is 0 Å². The maximum Gasteiger partial charge on any atom is 0.322 e. The first-order valence-electron chi connectivity index (χ1n) is 8.14. The minimum absolute atomic E-state index is 0.170. The number of urea groups is 1. The summed E-state index contributed by atoms with van der Waals surface area (Å²) in [7, 11) is 0. The number of rotatable bonds is 3. The molecular weight excluding hydrogens is 306 g/mol. The second-order valence-electron chi connectivity index (χ2n) is 6.76. The number of nitrogens with zero attached hydrogens (tertiary/aromatic N) is 3. The number of anilines is 1. The van der Waals surface area contributed by atoms with E-state index < -0.39 is 5.60 Å². The second-order valence-corrected chi connectivity index (χ2v) is 6.76. The molecule has 0 aliphatic carbocycles. The Morgan fingerprint density at radius 1 is 1.46 bits per heavy atom. The third-order valence-corrected chi connectivity index (χ3v) is 4.30. The van der Waals surface area contributed by atoms with Crippen LogP contribution < -0.4 is 5.32 Å². The third kappa shape index (κ3) is 3.41. The van der Waals surface area contributed by atoms with E-state index in [1.54, 1.807) is 18.7 Å². The van der Waals surface area contributed by atoms with Gasteiger partial charge >= 0.3 is 6.03 Å². The van der Waals surface area contributed by atoms with Crippen LogP contribution in [-0.2, 0) is 0 Å². The van der Waals surface area contributed by atoms with Crippen molar-refractivity contribution >= 4 is 11.7 Å². The van der Waals surface area contributed by atoms with Gasteiger partial charge in [-0.25, -0.2) is 9.78 Å². The van der Waals surface area contributed by atoms with Gasteiger partial charge < -0.3 is 15.3 Å². The summed E-state index contributed by atoms with van der Waals surface area (Å²) < 4.78 is 0. The van der Waals surface area contributed by atoms with Crippen molar-refractivity contribution in [2.24, 2.45) is 0 Å². The van der Waals surface area contributed by atoms with Gasteiger partial charge in [-0.15, -0.1) is 0 Å². The normalized spacial score (nSPS) is 18.0. The first-order chi connectivity index (χ1) is 11.3. The molecule has 7 nitrogen and oxygen atoms in total. The zero-order chi connectivity index (χ0) is 17.3. The Morgan fingerprint density at radius 3 is 2.92 bits per heavy atom. The summed E-state index contributed by atoms with van der Waals surface area (Å²) in [5.41, 5.74) is 0.602. The Bertz CT molecular complexity index is 735. The van der Waals surface area contributed by atoms with Gasteiger partial charge in [0.25, 0.3) is 0 Å². The summed E-state index contributed by atoms with van der Waals surface area (Å²) in [6.45, 7) is 5.98. The fourth-order valence-corrected chi connectivity index (χ4v) is 3.15. The molecule has 3 rings (SSSR count). The zero-order valence-corrected chi connectivity index (χ0v) is 14.2. The molecule has 128 valence electrons. The molecule has 2 heterocycles. The van der Waals surface area contributed by atoms with Gasteiger partial charge in [-0.05, 0) is 45.7 Å². The molecule has 0 radical (unpaired) electrons. The van der Waals surface area contributed by atoms with Gasteiger partial charge in [0, 0.05) is 17.8 Å².